The largest absolute Gasteiger partial charge is 0.393 e. The third-order valence-corrected chi connectivity index (χ3v) is 11.5. The maximum absolute atomic E-state index is 13.4. The number of aliphatic hydroxyl groups excluding tert-OH is 1. The number of aromatic amines is 1. The van der Waals surface area contributed by atoms with E-state index in [2.05, 4.69) is 50.5 Å². The minimum Gasteiger partial charge on any atom is -0.393 e. The number of hydrogen-bond acceptors (Lipinski definition) is 3. The van der Waals surface area contributed by atoms with E-state index in [4.69, 9.17) is 0 Å². The maximum atomic E-state index is 13.4. The van der Waals surface area contributed by atoms with Crippen molar-refractivity contribution >= 4 is 5.78 Å². The molecule has 3 fully saturated rings. The molecule has 1 aromatic rings. The molecule has 2 N–H and O–H groups in total. The second-order valence-electron chi connectivity index (χ2n) is 11.9. The number of nitrogens with one attached hydrogen (secondary N) is 1. The van der Waals surface area contributed by atoms with Crippen molar-refractivity contribution in [2.24, 2.45) is 51.8 Å². The van der Waals surface area contributed by atoms with Crippen molar-refractivity contribution in [1.29, 1.82) is 0 Å². The summed E-state index contributed by atoms with van der Waals surface area (Å²) in [4.78, 5) is 13.4. The Hall–Kier alpha value is -1.42. The molecule has 170 valence electrons. The fourth-order valence-electron chi connectivity index (χ4n) is 9.52. The van der Waals surface area contributed by atoms with Gasteiger partial charge in [0, 0.05) is 17.5 Å². The van der Waals surface area contributed by atoms with Crippen LogP contribution in [0.4, 0.5) is 0 Å². The zero-order chi connectivity index (χ0) is 22.3. The molecule has 3 saturated carbocycles. The number of nitrogens with zero attached hydrogens (tertiary/aromatic N) is 1. The molecule has 1 unspecified atom stereocenters. The van der Waals surface area contributed by atoms with Gasteiger partial charge >= 0.3 is 0 Å². The van der Waals surface area contributed by atoms with Gasteiger partial charge in [-0.15, -0.1) is 6.58 Å². The van der Waals surface area contributed by atoms with E-state index in [-0.39, 0.29) is 34.7 Å². The summed E-state index contributed by atoms with van der Waals surface area (Å²) in [6.07, 6.45) is 9.72. The van der Waals surface area contributed by atoms with E-state index < -0.39 is 5.41 Å². The first-order valence-electron chi connectivity index (χ1n) is 12.5. The average molecular weight is 425 g/mol. The van der Waals surface area contributed by atoms with Crippen LogP contribution in [0.5, 0.6) is 0 Å². The van der Waals surface area contributed by atoms with Gasteiger partial charge in [-0.05, 0) is 84.0 Å². The van der Waals surface area contributed by atoms with Crippen LogP contribution in [0.2, 0.25) is 0 Å². The summed E-state index contributed by atoms with van der Waals surface area (Å²) in [5, 5.41) is 19.5. The van der Waals surface area contributed by atoms with Crippen molar-refractivity contribution in [1.82, 2.24) is 10.2 Å². The number of Topliss-reactive ketones (excluding diaryl/α,β-unsaturated/α-hetero) is 1. The Morgan fingerprint density at radius 2 is 2.10 bits per heavy atom. The lowest BCUT2D eigenvalue weighted by molar-refractivity contribution is -0.204. The van der Waals surface area contributed by atoms with Gasteiger partial charge < -0.3 is 5.11 Å². The van der Waals surface area contributed by atoms with Crippen molar-refractivity contribution in [2.75, 3.05) is 0 Å². The van der Waals surface area contributed by atoms with Crippen LogP contribution >= 0.6 is 0 Å². The van der Waals surface area contributed by atoms with Crippen molar-refractivity contribution in [3.8, 4) is 0 Å². The highest BCUT2D eigenvalue weighted by Gasteiger charge is 2.71. The van der Waals surface area contributed by atoms with Gasteiger partial charge in [0.1, 0.15) is 5.78 Å². The molecule has 0 aromatic carbocycles. The van der Waals surface area contributed by atoms with Gasteiger partial charge in [-0.1, -0.05) is 40.7 Å². The summed E-state index contributed by atoms with van der Waals surface area (Å²) in [5.41, 5.74) is 2.10. The van der Waals surface area contributed by atoms with E-state index in [1.165, 1.54) is 24.1 Å². The first-order valence-corrected chi connectivity index (χ1v) is 12.5. The van der Waals surface area contributed by atoms with Gasteiger partial charge in [-0.3, -0.25) is 9.89 Å². The molecule has 4 nitrogen and oxygen atoms in total. The van der Waals surface area contributed by atoms with Gasteiger partial charge in [0.25, 0.3) is 0 Å². The Morgan fingerprint density at radius 3 is 2.77 bits per heavy atom. The molecule has 0 bridgehead atoms. The van der Waals surface area contributed by atoms with Crippen molar-refractivity contribution < 1.29 is 9.90 Å². The van der Waals surface area contributed by atoms with E-state index in [1.54, 1.807) is 0 Å². The summed E-state index contributed by atoms with van der Waals surface area (Å²) < 4.78 is 0. The highest BCUT2D eigenvalue weighted by Crippen LogP contribution is 2.73. The molecule has 0 saturated heterocycles. The first kappa shape index (κ1) is 21.4. The summed E-state index contributed by atoms with van der Waals surface area (Å²) in [7, 11) is 0. The molecule has 4 heteroatoms. The van der Waals surface area contributed by atoms with Gasteiger partial charge in [-0.25, -0.2) is 0 Å². The summed E-state index contributed by atoms with van der Waals surface area (Å²) >= 11 is 0. The monoisotopic (exact) mass is 424 g/mol. The quantitative estimate of drug-likeness (QED) is 0.673. The molecule has 0 amide bonds. The second kappa shape index (κ2) is 6.79. The molecular weight excluding hydrogens is 384 g/mol. The van der Waals surface area contributed by atoms with Gasteiger partial charge in [-0.2, -0.15) is 5.10 Å². The smallest absolute Gasteiger partial charge is 0.139 e. The third-order valence-electron chi connectivity index (χ3n) is 11.5. The third kappa shape index (κ3) is 2.41. The summed E-state index contributed by atoms with van der Waals surface area (Å²) in [5.74, 6) is 2.44. The zero-order valence-corrected chi connectivity index (χ0v) is 19.9. The van der Waals surface area contributed by atoms with E-state index in [9.17, 15) is 9.90 Å². The molecule has 4 aliphatic carbocycles. The van der Waals surface area contributed by atoms with Crippen molar-refractivity contribution in [2.45, 2.75) is 79.2 Å². The lowest BCUT2D eigenvalue weighted by Gasteiger charge is -2.65. The number of rotatable bonds is 3. The molecule has 0 spiro atoms. The average Bonchev–Trinajstić information content (AvgIpc) is 3.29. The Morgan fingerprint density at radius 1 is 1.35 bits per heavy atom. The molecule has 1 aromatic heterocycles. The van der Waals surface area contributed by atoms with Gasteiger partial charge in [0.2, 0.25) is 0 Å². The number of hydrogen-bond donors (Lipinski definition) is 2. The lowest BCUT2D eigenvalue weighted by Crippen LogP contribution is -2.64. The topological polar surface area (TPSA) is 66.0 Å². The van der Waals surface area contributed by atoms with E-state index in [0.717, 1.165) is 19.3 Å². The Labute approximate surface area is 187 Å². The Balaban J connectivity index is 1.60. The molecule has 0 aliphatic heterocycles. The maximum Gasteiger partial charge on any atom is 0.139 e. The highest BCUT2D eigenvalue weighted by molar-refractivity contribution is 5.86. The normalized spacial score (nSPS) is 50.7. The fourth-order valence-corrected chi connectivity index (χ4v) is 9.52. The standard InChI is InChI=1S/C27H40N2O2/c1-7-17-11-20-19-10-9-18-12-21-16(14-28-29-21)13-25(18,4)23(19)24(31)15(3)26(20,5)27(17,6)22(30)8-2/h7,14-15,17-20,23-24,31H,1,8-13H2,2-6H3,(H,28,29)/t15-,17-,18?,19+,20+,23-,24+,25+,26+,27-/m1/s1. The molecular formula is C27H40N2O2. The van der Waals surface area contributed by atoms with Crippen LogP contribution in [-0.4, -0.2) is 27.2 Å². The molecule has 5 rings (SSSR count). The summed E-state index contributed by atoms with van der Waals surface area (Å²) in [6, 6.07) is 0. The number of aromatic nitrogens is 2. The van der Waals surface area contributed by atoms with Crippen molar-refractivity contribution in [3.63, 3.8) is 0 Å². The number of fused-ring (bicyclic) bond motifs is 6. The fraction of sp³-hybridized carbons (Fsp3) is 0.778. The van der Waals surface area contributed by atoms with Crippen LogP contribution in [0, 0.1) is 51.8 Å². The molecule has 10 atom stereocenters. The number of aliphatic hydroxyl groups is 1. The predicted molar refractivity (Wildman–Crippen MR) is 122 cm³/mol. The van der Waals surface area contributed by atoms with Crippen LogP contribution in [0.15, 0.2) is 18.9 Å². The number of H-pyrrole nitrogens is 1. The summed E-state index contributed by atoms with van der Waals surface area (Å²) in [6.45, 7) is 15.4. The van der Waals surface area contributed by atoms with E-state index in [0.29, 0.717) is 30.0 Å². The van der Waals surface area contributed by atoms with Crippen LogP contribution in [-0.2, 0) is 17.6 Å². The minimum absolute atomic E-state index is 0.0884. The van der Waals surface area contributed by atoms with Gasteiger partial charge in [0.05, 0.1) is 12.3 Å². The zero-order valence-electron chi connectivity index (χ0n) is 19.9. The Kier molecular flexibility index (Phi) is 4.69. The number of allylic oxidation sites excluding steroid dienone is 1. The molecule has 1 heterocycles. The van der Waals surface area contributed by atoms with Crippen LogP contribution < -0.4 is 0 Å². The minimum atomic E-state index is -0.443. The highest BCUT2D eigenvalue weighted by atomic mass is 16.3. The lowest BCUT2D eigenvalue weighted by atomic mass is 9.40. The molecule has 0 radical (unpaired) electrons. The first-order chi connectivity index (χ1) is 14.6. The van der Waals surface area contributed by atoms with Crippen LogP contribution in [0.3, 0.4) is 0 Å². The van der Waals surface area contributed by atoms with Crippen LogP contribution in [0.1, 0.15) is 71.6 Å². The Bertz CT molecular complexity index is 907. The van der Waals surface area contributed by atoms with E-state index in [1.807, 2.05) is 13.1 Å². The molecule has 4 aliphatic rings. The number of ketones is 1. The number of carbonyl (C=O) groups is 1. The van der Waals surface area contributed by atoms with Crippen molar-refractivity contribution in [3.05, 3.63) is 30.1 Å². The molecule has 31 heavy (non-hydrogen) atoms. The predicted octanol–water partition coefficient (Wildman–Crippen LogP) is 4.98. The number of carbonyl (C=O) groups excluding carboxylic acids is 1. The SMILES string of the molecule is C=C[C@@H]1C[C@H]2[C@@H]3CCC4Cc5[nH]ncc5C[C@]4(C)[C@H]3[C@@H](O)[C@@H](C)[C@]2(C)[C@@]1(C)C(=O)CC. The second-order valence-corrected chi connectivity index (χ2v) is 11.9. The van der Waals surface area contributed by atoms with Crippen LogP contribution in [0.25, 0.3) is 0 Å². The van der Waals surface area contributed by atoms with Gasteiger partial charge in [0.15, 0.2) is 0 Å². The van der Waals surface area contributed by atoms with E-state index >= 15 is 0 Å².